The SMILES string of the molecule is CC.CC.CC(=O)n1c(SC2(C(=O)Nc3ccccc3)CC2)nnc1-c1ccco1.CCn1c(SC(C)C(=O)Nc2ccccc2)nnc1-c1ccco1.CCn1c(SC2(C(=O)Nc3ccccc3)CC2)nnc1-c1ccco1. The number of carbonyl (C=O) groups excluding carboxylic acids is 4. The maximum absolute atomic E-state index is 12.7. The normalized spacial score (nSPS) is 13.5. The zero-order chi connectivity index (χ0) is 56.4. The smallest absolute Gasteiger partial charge is 0.241 e. The lowest BCUT2D eigenvalue weighted by Crippen LogP contribution is -2.27. The Kier molecular flexibility index (Phi) is 20.9. The summed E-state index contributed by atoms with van der Waals surface area (Å²) in [6.07, 6.45) is 7.84. The third kappa shape index (κ3) is 14.8. The largest absolute Gasteiger partial charge is 0.461 e. The van der Waals surface area contributed by atoms with Gasteiger partial charge in [-0.25, -0.2) is 4.57 Å². The summed E-state index contributed by atoms with van der Waals surface area (Å²) in [5.74, 6) is 3.12. The second-order valence-electron chi connectivity index (χ2n) is 17.1. The maximum Gasteiger partial charge on any atom is 0.241 e. The first-order chi connectivity index (χ1) is 38.5. The van der Waals surface area contributed by atoms with E-state index >= 15 is 0 Å². The van der Waals surface area contributed by atoms with Crippen LogP contribution in [0.5, 0.6) is 0 Å². The number of nitrogens with zero attached hydrogens (tertiary/aromatic N) is 9. The van der Waals surface area contributed by atoms with Crippen LogP contribution in [0.2, 0.25) is 0 Å². The van der Waals surface area contributed by atoms with E-state index in [1.807, 2.05) is 173 Å². The van der Waals surface area contributed by atoms with Gasteiger partial charge in [-0.1, -0.05) is 118 Å². The van der Waals surface area contributed by atoms with Crippen molar-refractivity contribution in [3.8, 4) is 34.8 Å². The molecule has 2 aliphatic rings. The topological polar surface area (TPSA) is 236 Å². The van der Waals surface area contributed by atoms with Crippen LogP contribution in [0.25, 0.3) is 34.8 Å². The number of nitrogens with one attached hydrogen (secondary N) is 3. The molecule has 0 aliphatic heterocycles. The molecule has 0 radical (unpaired) electrons. The molecule has 19 nitrogen and oxygen atoms in total. The first-order valence-corrected chi connectivity index (χ1v) is 28.6. The first kappa shape index (κ1) is 58.7. The summed E-state index contributed by atoms with van der Waals surface area (Å²) in [5.41, 5.74) is 2.34. The molecule has 2 saturated carbocycles. The number of para-hydroxylation sites is 3. The predicted octanol–water partition coefficient (Wildman–Crippen LogP) is 13.0. The van der Waals surface area contributed by atoms with Gasteiger partial charge in [0, 0.05) is 37.1 Å². The Hall–Kier alpha value is -7.95. The minimum Gasteiger partial charge on any atom is -0.461 e. The van der Waals surface area contributed by atoms with Crippen LogP contribution in [-0.4, -0.2) is 82.7 Å². The van der Waals surface area contributed by atoms with E-state index in [1.165, 1.54) is 53.0 Å². The third-order valence-electron chi connectivity index (χ3n) is 11.8. The van der Waals surface area contributed by atoms with Crippen molar-refractivity contribution >= 4 is 76.0 Å². The molecule has 0 bridgehead atoms. The van der Waals surface area contributed by atoms with Crippen LogP contribution in [0.1, 0.15) is 85.9 Å². The minimum absolute atomic E-state index is 0.0221. The van der Waals surface area contributed by atoms with Gasteiger partial charge in [-0.15, -0.1) is 30.6 Å². The molecule has 6 aromatic heterocycles. The Labute approximate surface area is 471 Å². The van der Waals surface area contributed by atoms with Crippen LogP contribution < -0.4 is 16.0 Å². The second-order valence-corrected chi connectivity index (χ2v) is 21.2. The average molecular weight is 1130 g/mol. The molecule has 79 heavy (non-hydrogen) atoms. The van der Waals surface area contributed by atoms with Gasteiger partial charge in [-0.3, -0.25) is 28.3 Å². The fourth-order valence-corrected chi connectivity index (χ4v) is 10.8. The van der Waals surface area contributed by atoms with Gasteiger partial charge in [0.2, 0.25) is 29.5 Å². The quantitative estimate of drug-likeness (QED) is 0.0719. The zero-order valence-electron chi connectivity index (χ0n) is 45.3. The lowest BCUT2D eigenvalue weighted by Gasteiger charge is -2.15. The molecular formula is C57H64N12O7S3. The van der Waals surface area contributed by atoms with Crippen LogP contribution in [0.15, 0.2) is 175 Å². The molecule has 22 heteroatoms. The van der Waals surface area contributed by atoms with Crippen molar-refractivity contribution < 1.29 is 32.4 Å². The second kappa shape index (κ2) is 28.1. The number of thioether (sulfide) groups is 3. The predicted molar refractivity (Wildman–Crippen MR) is 310 cm³/mol. The van der Waals surface area contributed by atoms with Crippen LogP contribution in [0, 0.1) is 0 Å². The van der Waals surface area contributed by atoms with Gasteiger partial charge in [-0.2, -0.15) is 0 Å². The van der Waals surface area contributed by atoms with E-state index in [2.05, 4.69) is 46.5 Å². The van der Waals surface area contributed by atoms with Crippen LogP contribution in [-0.2, 0) is 27.5 Å². The lowest BCUT2D eigenvalue weighted by atomic mass is 10.3. The Balaban J connectivity index is 0.000000166. The molecule has 3 N–H and O–H groups in total. The maximum atomic E-state index is 12.7. The molecule has 11 rings (SSSR count). The van der Waals surface area contributed by atoms with Crippen molar-refractivity contribution in [3.63, 3.8) is 0 Å². The Morgan fingerprint density at radius 3 is 1.27 bits per heavy atom. The number of amides is 3. The summed E-state index contributed by atoms with van der Waals surface area (Å²) in [5, 5.41) is 35.5. The van der Waals surface area contributed by atoms with E-state index in [4.69, 9.17) is 13.3 Å². The molecule has 9 aromatic rings. The average Bonchev–Trinajstić information content (AvgIpc) is 4.09. The number of aromatic nitrogens is 9. The molecule has 3 amide bonds. The van der Waals surface area contributed by atoms with Gasteiger partial charge < -0.3 is 29.2 Å². The number of hydrogen-bond acceptors (Lipinski definition) is 16. The van der Waals surface area contributed by atoms with Crippen molar-refractivity contribution in [2.75, 3.05) is 16.0 Å². The molecule has 0 saturated heterocycles. The molecule has 0 spiro atoms. The van der Waals surface area contributed by atoms with Crippen LogP contribution >= 0.6 is 35.3 Å². The van der Waals surface area contributed by atoms with Gasteiger partial charge in [0.15, 0.2) is 44.4 Å². The highest BCUT2D eigenvalue weighted by molar-refractivity contribution is 8.02. The summed E-state index contributed by atoms with van der Waals surface area (Å²) in [7, 11) is 0. The van der Waals surface area contributed by atoms with E-state index in [0.717, 1.165) is 47.9 Å². The third-order valence-corrected chi connectivity index (χ3v) is 15.8. The molecule has 6 heterocycles. The molecule has 1 atom stereocenters. The van der Waals surface area contributed by atoms with Gasteiger partial charge in [0.05, 0.1) is 24.0 Å². The summed E-state index contributed by atoms with van der Waals surface area (Å²) in [4.78, 5) is 49.9. The lowest BCUT2D eigenvalue weighted by molar-refractivity contribution is -0.117. The fraction of sp³-hybridized carbons (Fsp3) is 0.298. The monoisotopic (exact) mass is 1120 g/mol. The highest BCUT2D eigenvalue weighted by Gasteiger charge is 2.53. The summed E-state index contributed by atoms with van der Waals surface area (Å²) < 4.78 is 20.4. The van der Waals surface area contributed by atoms with Crippen LogP contribution in [0.4, 0.5) is 17.1 Å². The minimum atomic E-state index is -0.628. The Morgan fingerprint density at radius 1 is 0.506 bits per heavy atom. The summed E-state index contributed by atoms with van der Waals surface area (Å²) in [6, 6.07) is 39.0. The molecule has 412 valence electrons. The van der Waals surface area contributed by atoms with Crippen molar-refractivity contribution in [2.45, 2.75) is 124 Å². The van der Waals surface area contributed by atoms with E-state index in [9.17, 15) is 19.2 Å². The number of rotatable bonds is 17. The molecule has 2 fully saturated rings. The standard InChI is InChI=1S/C18H16N4O3S.C18H18N4O2S.C17H18N4O2S.2C2H6/c1-12(23)22-15(14-8-5-11-25-14)20-21-17(22)26-18(9-10-18)16(24)19-13-6-3-2-4-7-13;1-2-22-15(14-9-6-12-24-14)20-21-17(22)25-18(10-11-18)16(23)19-13-7-4-3-5-8-13;1-3-21-15(14-10-7-11-23-14)19-20-17(21)24-12(2)16(22)18-13-8-5-4-6-9-13;2*1-2/h2-8,11H,9-10H2,1H3,(H,19,24);3-9,12H,2,10-11H2,1H3,(H,19,23);4-12H,3H2,1-2H3,(H,18,22);2*1-2H3. The zero-order valence-corrected chi connectivity index (χ0v) is 47.7. The van der Waals surface area contributed by atoms with E-state index in [1.54, 1.807) is 24.7 Å². The Bertz CT molecular complexity index is 3320. The number of carbonyl (C=O) groups is 4. The number of benzene rings is 3. The highest BCUT2D eigenvalue weighted by atomic mass is 32.2. The highest BCUT2D eigenvalue weighted by Crippen LogP contribution is 2.53. The molecule has 2 aliphatic carbocycles. The number of anilines is 3. The fourth-order valence-electron chi connectivity index (χ4n) is 7.51. The first-order valence-electron chi connectivity index (χ1n) is 26.1. The van der Waals surface area contributed by atoms with Gasteiger partial charge in [-0.05, 0) is 119 Å². The van der Waals surface area contributed by atoms with E-state index in [-0.39, 0.29) is 28.9 Å². The summed E-state index contributed by atoms with van der Waals surface area (Å²) >= 11 is 4.14. The summed E-state index contributed by atoms with van der Waals surface area (Å²) in [6.45, 7) is 16.7. The van der Waals surface area contributed by atoms with Crippen LogP contribution in [0.3, 0.4) is 0 Å². The van der Waals surface area contributed by atoms with Crippen molar-refractivity contribution in [3.05, 3.63) is 146 Å². The van der Waals surface area contributed by atoms with E-state index < -0.39 is 9.49 Å². The molecule has 3 aromatic carbocycles. The molecule has 1 unspecified atom stereocenters. The van der Waals surface area contributed by atoms with Crippen molar-refractivity contribution in [1.29, 1.82) is 0 Å². The molecular weight excluding hydrogens is 1060 g/mol. The van der Waals surface area contributed by atoms with Gasteiger partial charge >= 0.3 is 0 Å². The number of furan rings is 3. The van der Waals surface area contributed by atoms with Crippen molar-refractivity contribution in [1.82, 2.24) is 44.3 Å². The Morgan fingerprint density at radius 2 is 0.873 bits per heavy atom. The van der Waals surface area contributed by atoms with Gasteiger partial charge in [0.1, 0.15) is 9.49 Å². The van der Waals surface area contributed by atoms with E-state index in [0.29, 0.717) is 58.2 Å². The van der Waals surface area contributed by atoms with Gasteiger partial charge in [0.25, 0.3) is 0 Å². The number of hydrogen-bond donors (Lipinski definition) is 3. The van der Waals surface area contributed by atoms with Crippen molar-refractivity contribution in [2.24, 2.45) is 0 Å².